The van der Waals surface area contributed by atoms with E-state index in [0.29, 0.717) is 25.9 Å². The van der Waals surface area contributed by atoms with Crippen molar-refractivity contribution in [2.24, 2.45) is 0 Å². The lowest BCUT2D eigenvalue weighted by molar-refractivity contribution is -0.132. The second-order valence-corrected chi connectivity index (χ2v) is 8.23. The Hall–Kier alpha value is -3.37. The van der Waals surface area contributed by atoms with Crippen molar-refractivity contribution in [1.29, 1.82) is 0 Å². The molecule has 0 radical (unpaired) electrons. The largest absolute Gasteiger partial charge is 0.493 e. The molecule has 2 heterocycles. The van der Waals surface area contributed by atoms with Crippen LogP contribution in [0.5, 0.6) is 11.5 Å². The number of thiazole rings is 1. The standard InChI is InChI=1S/C21H14BrN3O5S/c1-11(26)30-18-14(22)8-12(9-15(18)29-2)10-16-20(28)25-21(31-16)23-19(27)17(24-25)13-6-4-3-5-7-13/h3-10H,1-2H3. The molecule has 0 bridgehead atoms. The SMILES string of the molecule is COc1cc(C=c2sc3nc(=O)c(-c4ccccc4)nn3c2=O)cc(Br)c1OC(C)=O. The Labute approximate surface area is 187 Å². The first-order valence-corrected chi connectivity index (χ1v) is 10.6. The van der Waals surface area contributed by atoms with E-state index in [1.165, 1.54) is 14.0 Å². The van der Waals surface area contributed by atoms with Crippen LogP contribution in [-0.4, -0.2) is 27.7 Å². The summed E-state index contributed by atoms with van der Waals surface area (Å²) in [6.45, 7) is 1.29. The zero-order valence-electron chi connectivity index (χ0n) is 16.3. The minimum atomic E-state index is -0.505. The van der Waals surface area contributed by atoms with Gasteiger partial charge in [-0.25, -0.2) is 0 Å². The third-order valence-electron chi connectivity index (χ3n) is 4.23. The highest BCUT2D eigenvalue weighted by Crippen LogP contribution is 2.37. The van der Waals surface area contributed by atoms with E-state index in [9.17, 15) is 14.4 Å². The van der Waals surface area contributed by atoms with Crippen LogP contribution in [0.4, 0.5) is 0 Å². The molecule has 0 aliphatic rings. The predicted molar refractivity (Wildman–Crippen MR) is 120 cm³/mol. The van der Waals surface area contributed by atoms with Crippen molar-refractivity contribution in [2.75, 3.05) is 7.11 Å². The van der Waals surface area contributed by atoms with E-state index in [2.05, 4.69) is 26.0 Å². The van der Waals surface area contributed by atoms with Gasteiger partial charge >= 0.3 is 11.5 Å². The molecule has 0 amide bonds. The summed E-state index contributed by atoms with van der Waals surface area (Å²) in [6, 6.07) is 12.2. The molecule has 10 heteroatoms. The lowest BCUT2D eigenvalue weighted by Crippen LogP contribution is -2.26. The molecule has 2 aromatic carbocycles. The number of rotatable bonds is 4. The van der Waals surface area contributed by atoms with Crippen molar-refractivity contribution in [3.63, 3.8) is 0 Å². The van der Waals surface area contributed by atoms with Gasteiger partial charge in [0, 0.05) is 12.5 Å². The van der Waals surface area contributed by atoms with Gasteiger partial charge in [0.05, 0.1) is 16.1 Å². The predicted octanol–water partition coefficient (Wildman–Crippen LogP) is 2.42. The number of carbonyl (C=O) groups excluding carboxylic acids is 1. The average Bonchev–Trinajstić information content (AvgIpc) is 3.03. The number of hydrogen-bond acceptors (Lipinski definition) is 8. The molecule has 0 atom stereocenters. The van der Waals surface area contributed by atoms with E-state index in [-0.39, 0.29) is 16.4 Å². The Bertz CT molecular complexity index is 1480. The van der Waals surface area contributed by atoms with E-state index in [1.807, 2.05) is 6.07 Å². The van der Waals surface area contributed by atoms with Gasteiger partial charge in [0.1, 0.15) is 0 Å². The Morgan fingerprint density at radius 2 is 1.94 bits per heavy atom. The summed E-state index contributed by atoms with van der Waals surface area (Å²) in [6.07, 6.45) is 1.63. The Morgan fingerprint density at radius 1 is 1.19 bits per heavy atom. The topological polar surface area (TPSA) is 99.9 Å². The first kappa shape index (κ1) is 20.9. The molecule has 156 valence electrons. The summed E-state index contributed by atoms with van der Waals surface area (Å²) < 4.78 is 12.4. The minimum Gasteiger partial charge on any atom is -0.493 e. The van der Waals surface area contributed by atoms with Gasteiger partial charge in [-0.1, -0.05) is 41.7 Å². The van der Waals surface area contributed by atoms with Crippen LogP contribution in [0.15, 0.2) is 56.5 Å². The van der Waals surface area contributed by atoms with E-state index < -0.39 is 17.1 Å². The van der Waals surface area contributed by atoms with E-state index in [0.717, 1.165) is 15.9 Å². The molecule has 2 aromatic heterocycles. The van der Waals surface area contributed by atoms with Crippen molar-refractivity contribution < 1.29 is 14.3 Å². The van der Waals surface area contributed by atoms with E-state index in [1.54, 1.807) is 42.5 Å². The number of halogens is 1. The molecule has 0 saturated carbocycles. The van der Waals surface area contributed by atoms with E-state index in [4.69, 9.17) is 9.47 Å². The van der Waals surface area contributed by atoms with Gasteiger partial charge in [0.15, 0.2) is 17.2 Å². The number of ether oxygens (including phenoxy) is 2. The Kier molecular flexibility index (Phi) is 5.66. The number of esters is 1. The number of benzene rings is 2. The average molecular weight is 500 g/mol. The van der Waals surface area contributed by atoms with Gasteiger partial charge in [0.25, 0.3) is 5.56 Å². The van der Waals surface area contributed by atoms with Crippen LogP contribution in [0.1, 0.15) is 12.5 Å². The quantitative estimate of drug-likeness (QED) is 0.314. The maximum Gasteiger partial charge on any atom is 0.308 e. The summed E-state index contributed by atoms with van der Waals surface area (Å²) >= 11 is 4.41. The van der Waals surface area contributed by atoms with E-state index >= 15 is 0 Å². The van der Waals surface area contributed by atoms with Gasteiger partial charge < -0.3 is 9.47 Å². The maximum atomic E-state index is 12.9. The summed E-state index contributed by atoms with van der Waals surface area (Å²) in [5, 5.41) is 4.23. The number of methoxy groups -OCH3 is 1. The summed E-state index contributed by atoms with van der Waals surface area (Å²) in [4.78, 5) is 40.9. The van der Waals surface area contributed by atoms with Gasteiger partial charge in [0.2, 0.25) is 4.96 Å². The molecule has 4 aromatic rings. The highest BCUT2D eigenvalue weighted by molar-refractivity contribution is 9.10. The normalized spacial score (nSPS) is 11.6. The molecule has 0 unspecified atom stereocenters. The zero-order valence-corrected chi connectivity index (χ0v) is 18.7. The van der Waals surface area contributed by atoms with Crippen LogP contribution < -0.4 is 25.1 Å². The fourth-order valence-corrected chi connectivity index (χ4v) is 4.35. The third-order valence-corrected chi connectivity index (χ3v) is 5.78. The van der Waals surface area contributed by atoms with Gasteiger partial charge in [-0.3, -0.25) is 14.4 Å². The van der Waals surface area contributed by atoms with Crippen LogP contribution in [0.3, 0.4) is 0 Å². The van der Waals surface area contributed by atoms with Crippen molar-refractivity contribution in [3.8, 4) is 22.8 Å². The smallest absolute Gasteiger partial charge is 0.308 e. The fraction of sp³-hybridized carbons (Fsp3) is 0.0952. The molecule has 31 heavy (non-hydrogen) atoms. The second kappa shape index (κ2) is 8.40. The highest BCUT2D eigenvalue weighted by Gasteiger charge is 2.15. The number of nitrogens with zero attached hydrogens (tertiary/aromatic N) is 3. The Morgan fingerprint density at radius 3 is 2.61 bits per heavy atom. The maximum absolute atomic E-state index is 12.9. The summed E-state index contributed by atoms with van der Waals surface area (Å²) in [5.74, 6) is 0.0757. The second-order valence-electron chi connectivity index (χ2n) is 6.37. The van der Waals surface area contributed by atoms with Crippen molar-refractivity contribution >= 4 is 44.3 Å². The lowest BCUT2D eigenvalue weighted by atomic mass is 10.2. The van der Waals surface area contributed by atoms with Gasteiger partial charge in [-0.2, -0.15) is 14.6 Å². The van der Waals surface area contributed by atoms with Gasteiger partial charge in [-0.15, -0.1) is 0 Å². The fourth-order valence-electron chi connectivity index (χ4n) is 2.90. The minimum absolute atomic E-state index is 0.106. The monoisotopic (exact) mass is 499 g/mol. The molecule has 4 rings (SSSR count). The number of aromatic nitrogens is 3. The zero-order chi connectivity index (χ0) is 22.1. The molecular formula is C21H14BrN3O5S. The number of hydrogen-bond donors (Lipinski definition) is 0. The first-order chi connectivity index (χ1) is 14.9. The van der Waals surface area contributed by atoms with Crippen molar-refractivity contribution in [2.45, 2.75) is 6.92 Å². The molecule has 8 nitrogen and oxygen atoms in total. The van der Waals surface area contributed by atoms with Crippen LogP contribution >= 0.6 is 27.3 Å². The molecule has 0 saturated heterocycles. The van der Waals surface area contributed by atoms with Crippen LogP contribution in [0, 0.1) is 0 Å². The Balaban J connectivity index is 1.86. The van der Waals surface area contributed by atoms with Crippen molar-refractivity contribution in [1.82, 2.24) is 14.6 Å². The molecular weight excluding hydrogens is 486 g/mol. The third kappa shape index (κ3) is 4.12. The molecule has 0 fully saturated rings. The summed E-state index contributed by atoms with van der Waals surface area (Å²) in [7, 11) is 1.45. The molecule has 0 spiro atoms. The molecule has 0 N–H and O–H groups in total. The van der Waals surface area contributed by atoms with Crippen LogP contribution in [0.25, 0.3) is 22.3 Å². The number of fused-ring (bicyclic) bond motifs is 1. The number of carbonyl (C=O) groups is 1. The van der Waals surface area contributed by atoms with Crippen molar-refractivity contribution in [3.05, 3.63) is 77.7 Å². The summed E-state index contributed by atoms with van der Waals surface area (Å²) in [5.41, 5.74) is 0.405. The highest BCUT2D eigenvalue weighted by atomic mass is 79.9. The molecule has 0 aliphatic heterocycles. The first-order valence-electron chi connectivity index (χ1n) is 8.94. The lowest BCUT2D eigenvalue weighted by Gasteiger charge is -2.10. The molecule has 0 aliphatic carbocycles. The van der Waals surface area contributed by atoms with Crippen LogP contribution in [-0.2, 0) is 4.79 Å². The van der Waals surface area contributed by atoms with Crippen LogP contribution in [0.2, 0.25) is 0 Å². The van der Waals surface area contributed by atoms with Gasteiger partial charge in [-0.05, 0) is 39.7 Å².